The summed E-state index contributed by atoms with van der Waals surface area (Å²) in [5, 5.41) is 12.3. The smallest absolute Gasteiger partial charge is 0.258 e. The molecule has 1 fully saturated rings. The fraction of sp³-hybridized carbons (Fsp3) is 0.467. The van der Waals surface area contributed by atoms with E-state index in [1.165, 1.54) is 0 Å². The van der Waals surface area contributed by atoms with E-state index >= 15 is 0 Å². The van der Waals surface area contributed by atoms with Crippen molar-refractivity contribution in [1.82, 2.24) is 30.5 Å². The summed E-state index contributed by atoms with van der Waals surface area (Å²) in [5.74, 6) is 1.16. The van der Waals surface area contributed by atoms with Crippen LogP contribution in [0.15, 0.2) is 15.1 Å². The van der Waals surface area contributed by atoms with Crippen molar-refractivity contribution >= 4 is 11.1 Å². The minimum atomic E-state index is 0.114. The molecule has 120 valence electrons. The second-order valence-corrected chi connectivity index (χ2v) is 5.92. The third-order valence-corrected chi connectivity index (χ3v) is 4.23. The molecule has 0 spiro atoms. The molecule has 1 aliphatic rings. The van der Waals surface area contributed by atoms with Crippen LogP contribution in [0.2, 0.25) is 0 Å². The Bertz CT molecular complexity index is 855. The summed E-state index contributed by atoms with van der Waals surface area (Å²) in [6, 6.07) is 2.04. The summed E-state index contributed by atoms with van der Waals surface area (Å²) >= 11 is 0. The van der Waals surface area contributed by atoms with Gasteiger partial charge in [-0.15, -0.1) is 0 Å². The molecule has 8 heteroatoms. The summed E-state index contributed by atoms with van der Waals surface area (Å²) in [5.41, 5.74) is 2.89. The predicted octanol–water partition coefficient (Wildman–Crippen LogP) is 1.47. The van der Waals surface area contributed by atoms with Crippen molar-refractivity contribution in [1.29, 1.82) is 0 Å². The zero-order chi connectivity index (χ0) is 16.0. The second-order valence-electron chi connectivity index (χ2n) is 5.92. The highest BCUT2D eigenvalue weighted by molar-refractivity contribution is 5.91. The lowest BCUT2D eigenvalue weighted by Crippen LogP contribution is -2.44. The first-order valence-electron chi connectivity index (χ1n) is 7.62. The third kappa shape index (κ3) is 2.40. The second kappa shape index (κ2) is 5.39. The molecule has 0 radical (unpaired) electrons. The monoisotopic (exact) mass is 314 g/mol. The number of aromatic nitrogens is 4. The maximum absolute atomic E-state index is 5.53. The highest BCUT2D eigenvalue weighted by Crippen LogP contribution is 2.31. The van der Waals surface area contributed by atoms with E-state index in [2.05, 4.69) is 37.5 Å². The lowest BCUT2D eigenvalue weighted by molar-refractivity contribution is 0.190. The summed E-state index contributed by atoms with van der Waals surface area (Å²) in [7, 11) is 2.07. The highest BCUT2D eigenvalue weighted by Gasteiger charge is 2.26. The van der Waals surface area contributed by atoms with Crippen LogP contribution in [0, 0.1) is 13.8 Å². The Morgan fingerprint density at radius 2 is 2.09 bits per heavy atom. The van der Waals surface area contributed by atoms with Crippen molar-refractivity contribution in [3.05, 3.63) is 23.3 Å². The van der Waals surface area contributed by atoms with Crippen LogP contribution in [0.5, 0.6) is 0 Å². The van der Waals surface area contributed by atoms with Gasteiger partial charge in [-0.3, -0.25) is 4.90 Å². The van der Waals surface area contributed by atoms with E-state index in [0.29, 0.717) is 17.4 Å². The topological polar surface area (TPSA) is 93.1 Å². The van der Waals surface area contributed by atoms with Gasteiger partial charge in [-0.2, -0.15) is 4.98 Å². The largest absolute Gasteiger partial charge is 0.336 e. The number of likely N-dealkylation sites (N-methyl/N-ethyl adjacent to an activating group) is 1. The molecule has 0 saturated carbocycles. The number of pyridine rings is 1. The Labute approximate surface area is 132 Å². The minimum Gasteiger partial charge on any atom is -0.336 e. The molecule has 3 aromatic heterocycles. The summed E-state index contributed by atoms with van der Waals surface area (Å²) in [6.45, 7) is 6.52. The zero-order valence-electron chi connectivity index (χ0n) is 13.3. The van der Waals surface area contributed by atoms with Gasteiger partial charge in [0, 0.05) is 25.3 Å². The molecule has 0 aromatic carbocycles. The molecule has 4 heterocycles. The maximum Gasteiger partial charge on any atom is 0.258 e. The van der Waals surface area contributed by atoms with Gasteiger partial charge < -0.3 is 14.4 Å². The quantitative estimate of drug-likeness (QED) is 0.760. The molecule has 1 atom stereocenters. The molecule has 1 N–H and O–H groups in total. The molecule has 1 aliphatic heterocycles. The van der Waals surface area contributed by atoms with Crippen molar-refractivity contribution in [3.63, 3.8) is 0 Å². The lowest BCUT2D eigenvalue weighted by Gasteiger charge is -2.30. The van der Waals surface area contributed by atoms with E-state index in [0.717, 1.165) is 42.0 Å². The average molecular weight is 314 g/mol. The van der Waals surface area contributed by atoms with Gasteiger partial charge >= 0.3 is 0 Å². The Hall–Kier alpha value is -2.32. The van der Waals surface area contributed by atoms with E-state index in [-0.39, 0.29) is 6.04 Å². The molecular formula is C15H18N6O2. The number of rotatable bonds is 2. The van der Waals surface area contributed by atoms with Crippen LogP contribution < -0.4 is 5.32 Å². The van der Waals surface area contributed by atoms with Gasteiger partial charge in [0.1, 0.15) is 0 Å². The number of hydrogen-bond donors (Lipinski definition) is 1. The predicted molar refractivity (Wildman–Crippen MR) is 82.8 cm³/mol. The van der Waals surface area contributed by atoms with Crippen molar-refractivity contribution in [2.24, 2.45) is 0 Å². The van der Waals surface area contributed by atoms with E-state index in [1.807, 2.05) is 19.9 Å². The zero-order valence-corrected chi connectivity index (χ0v) is 13.3. The van der Waals surface area contributed by atoms with Gasteiger partial charge in [-0.1, -0.05) is 10.3 Å². The average Bonchev–Trinajstić information content (AvgIpc) is 3.15. The van der Waals surface area contributed by atoms with Gasteiger partial charge in [-0.05, 0) is 27.0 Å². The Balaban J connectivity index is 1.79. The van der Waals surface area contributed by atoms with Crippen LogP contribution in [0.25, 0.3) is 22.6 Å². The van der Waals surface area contributed by atoms with E-state index < -0.39 is 0 Å². The van der Waals surface area contributed by atoms with Crippen LogP contribution in [0.1, 0.15) is 23.3 Å². The Kier molecular flexibility index (Phi) is 3.35. The molecule has 0 aliphatic carbocycles. The number of fused-ring (bicyclic) bond motifs is 1. The molecule has 1 unspecified atom stereocenters. The van der Waals surface area contributed by atoms with Crippen LogP contribution in [0.3, 0.4) is 0 Å². The number of nitrogens with zero attached hydrogens (tertiary/aromatic N) is 5. The fourth-order valence-electron chi connectivity index (χ4n) is 2.96. The number of piperazine rings is 1. The third-order valence-electron chi connectivity index (χ3n) is 4.23. The van der Waals surface area contributed by atoms with Gasteiger partial charge in [0.2, 0.25) is 0 Å². The van der Waals surface area contributed by atoms with Crippen LogP contribution in [0.4, 0.5) is 0 Å². The standard InChI is InChI=1S/C15H18N6O2/c1-8-6-10(12-9(2)19-23-15(12)17-8)14-18-13(20-22-14)11-7-16-4-5-21(11)3/h6,11,16H,4-5,7H2,1-3H3. The molecule has 0 bridgehead atoms. The molecule has 8 nitrogen and oxygen atoms in total. The lowest BCUT2D eigenvalue weighted by atomic mass is 10.1. The van der Waals surface area contributed by atoms with Gasteiger partial charge in [0.15, 0.2) is 5.82 Å². The first-order chi connectivity index (χ1) is 11.1. The molecule has 23 heavy (non-hydrogen) atoms. The molecule has 3 aromatic rings. The molecule has 4 rings (SSSR count). The van der Waals surface area contributed by atoms with Gasteiger partial charge in [-0.25, -0.2) is 4.98 Å². The highest BCUT2D eigenvalue weighted by atomic mass is 16.5. The summed E-state index contributed by atoms with van der Waals surface area (Å²) < 4.78 is 10.8. The SMILES string of the molecule is Cc1cc(-c2nc(C3CNCCN3C)no2)c2c(C)noc2n1. The molecular weight excluding hydrogens is 296 g/mol. The van der Waals surface area contributed by atoms with E-state index in [9.17, 15) is 0 Å². The van der Waals surface area contributed by atoms with Gasteiger partial charge in [0.25, 0.3) is 11.6 Å². The minimum absolute atomic E-state index is 0.114. The van der Waals surface area contributed by atoms with Crippen LogP contribution in [-0.4, -0.2) is 51.9 Å². The first-order valence-corrected chi connectivity index (χ1v) is 7.62. The van der Waals surface area contributed by atoms with Gasteiger partial charge in [0.05, 0.1) is 22.7 Å². The summed E-state index contributed by atoms with van der Waals surface area (Å²) in [6.07, 6.45) is 0. The number of aryl methyl sites for hydroxylation is 2. The van der Waals surface area contributed by atoms with Crippen molar-refractivity contribution in [2.75, 3.05) is 26.7 Å². The Morgan fingerprint density at radius 3 is 2.91 bits per heavy atom. The van der Waals surface area contributed by atoms with Crippen molar-refractivity contribution in [2.45, 2.75) is 19.9 Å². The first kappa shape index (κ1) is 14.3. The number of hydrogen-bond acceptors (Lipinski definition) is 8. The van der Waals surface area contributed by atoms with Crippen LogP contribution >= 0.6 is 0 Å². The normalized spacial score (nSPS) is 19.5. The van der Waals surface area contributed by atoms with Crippen molar-refractivity contribution < 1.29 is 9.05 Å². The molecule has 0 amide bonds. The van der Waals surface area contributed by atoms with E-state index in [1.54, 1.807) is 0 Å². The maximum atomic E-state index is 5.53. The van der Waals surface area contributed by atoms with Crippen LogP contribution in [-0.2, 0) is 0 Å². The van der Waals surface area contributed by atoms with E-state index in [4.69, 9.17) is 9.05 Å². The summed E-state index contributed by atoms with van der Waals surface area (Å²) in [4.78, 5) is 11.2. The number of nitrogens with one attached hydrogen (secondary N) is 1. The Morgan fingerprint density at radius 1 is 1.22 bits per heavy atom. The van der Waals surface area contributed by atoms with Crippen molar-refractivity contribution in [3.8, 4) is 11.5 Å². The fourth-order valence-corrected chi connectivity index (χ4v) is 2.96. The molecule has 1 saturated heterocycles.